The molecule has 12 heteroatoms. The fourth-order valence-corrected chi connectivity index (χ4v) is 4.77. The lowest BCUT2D eigenvalue weighted by molar-refractivity contribution is -0.387. The third kappa shape index (κ3) is 4.60. The zero-order chi connectivity index (χ0) is 23.0. The number of carbonyl (C=O) groups excluding carboxylic acids is 2. The lowest BCUT2D eigenvalue weighted by Crippen LogP contribution is -2.28. The number of nitrogens with zero attached hydrogens (tertiary/aromatic N) is 2. The molecule has 1 heterocycles. The summed E-state index contributed by atoms with van der Waals surface area (Å²) >= 11 is 0. The molecular formula is C20H19FN4O6S. The van der Waals surface area contributed by atoms with Gasteiger partial charge in [-0.3, -0.25) is 19.7 Å². The smallest absolute Gasteiger partial charge is 0.306 e. The molecule has 2 amide bonds. The van der Waals surface area contributed by atoms with Gasteiger partial charge in [-0.15, -0.1) is 0 Å². The van der Waals surface area contributed by atoms with Crippen LogP contribution in [0.3, 0.4) is 0 Å². The molecular weight excluding hydrogens is 443 g/mol. The van der Waals surface area contributed by atoms with Crippen LogP contribution in [0, 0.1) is 21.8 Å². The van der Waals surface area contributed by atoms with Gasteiger partial charge >= 0.3 is 5.69 Å². The Bertz CT molecular complexity index is 1210. The van der Waals surface area contributed by atoms with Gasteiger partial charge in [0, 0.05) is 30.8 Å². The minimum atomic E-state index is -3.69. The maximum absolute atomic E-state index is 13.6. The van der Waals surface area contributed by atoms with Crippen molar-refractivity contribution in [3.63, 3.8) is 0 Å². The molecule has 1 aliphatic carbocycles. The van der Waals surface area contributed by atoms with Crippen LogP contribution in [0.15, 0.2) is 47.4 Å². The summed E-state index contributed by atoms with van der Waals surface area (Å²) in [6.45, 7) is -0.0469. The molecule has 1 saturated carbocycles. The number of rotatable bonds is 7. The van der Waals surface area contributed by atoms with Gasteiger partial charge in [0.1, 0.15) is 0 Å². The molecule has 2 aromatic rings. The molecule has 10 nitrogen and oxygen atoms in total. The van der Waals surface area contributed by atoms with E-state index in [0.29, 0.717) is 0 Å². The molecule has 2 aliphatic rings. The number of sulfonamides is 1. The molecule has 4 rings (SSSR count). The molecule has 2 aromatic carbocycles. The summed E-state index contributed by atoms with van der Waals surface area (Å²) in [6.07, 6.45) is 1.44. The first-order valence-corrected chi connectivity index (χ1v) is 11.3. The molecule has 2 N–H and O–H groups in total. The Morgan fingerprint density at radius 1 is 1.19 bits per heavy atom. The van der Waals surface area contributed by atoms with E-state index in [0.717, 1.165) is 25.0 Å². The number of benzene rings is 2. The van der Waals surface area contributed by atoms with Crippen LogP contribution in [-0.4, -0.2) is 37.7 Å². The SMILES string of the molecule is O=C(Nc1cccc(S(=O)(=O)NC2CC2)c1)C1CC(=O)N(c2ccc(F)c([N+](=O)[O-])c2)C1. The van der Waals surface area contributed by atoms with E-state index >= 15 is 0 Å². The fourth-order valence-electron chi connectivity index (χ4n) is 3.42. The molecule has 2 fully saturated rings. The van der Waals surface area contributed by atoms with E-state index in [1.807, 2.05) is 0 Å². The first kappa shape index (κ1) is 21.8. The van der Waals surface area contributed by atoms with Gasteiger partial charge in [0.15, 0.2) is 0 Å². The highest BCUT2D eigenvalue weighted by atomic mass is 32.2. The van der Waals surface area contributed by atoms with Crippen molar-refractivity contribution < 1.29 is 27.3 Å². The van der Waals surface area contributed by atoms with Crippen LogP contribution in [0.1, 0.15) is 19.3 Å². The highest BCUT2D eigenvalue weighted by Crippen LogP contribution is 2.30. The Morgan fingerprint density at radius 2 is 1.94 bits per heavy atom. The number of nitro benzene ring substituents is 1. The number of nitrogens with one attached hydrogen (secondary N) is 2. The second-order valence-electron chi connectivity index (χ2n) is 7.71. The van der Waals surface area contributed by atoms with Crippen molar-refractivity contribution in [2.75, 3.05) is 16.8 Å². The molecule has 0 radical (unpaired) electrons. The molecule has 1 atom stereocenters. The molecule has 1 unspecified atom stereocenters. The van der Waals surface area contributed by atoms with Crippen LogP contribution in [-0.2, 0) is 19.6 Å². The summed E-state index contributed by atoms with van der Waals surface area (Å²) in [5, 5.41) is 13.6. The van der Waals surface area contributed by atoms with Gasteiger partial charge in [0.05, 0.1) is 21.4 Å². The van der Waals surface area contributed by atoms with Gasteiger partial charge in [0.2, 0.25) is 27.7 Å². The van der Waals surface area contributed by atoms with Crippen molar-refractivity contribution in [3.05, 3.63) is 58.4 Å². The van der Waals surface area contributed by atoms with Gasteiger partial charge in [-0.05, 0) is 43.2 Å². The molecule has 0 spiro atoms. The van der Waals surface area contributed by atoms with Crippen molar-refractivity contribution >= 4 is 38.9 Å². The fraction of sp³-hybridized carbons (Fsp3) is 0.300. The van der Waals surface area contributed by atoms with Gasteiger partial charge in [-0.1, -0.05) is 6.07 Å². The highest BCUT2D eigenvalue weighted by molar-refractivity contribution is 7.89. The quantitative estimate of drug-likeness (QED) is 0.478. The number of anilines is 2. The highest BCUT2D eigenvalue weighted by Gasteiger charge is 2.36. The lowest BCUT2D eigenvalue weighted by Gasteiger charge is -2.17. The van der Waals surface area contributed by atoms with E-state index in [2.05, 4.69) is 10.0 Å². The van der Waals surface area contributed by atoms with Crippen LogP contribution in [0.4, 0.5) is 21.5 Å². The summed E-state index contributed by atoms with van der Waals surface area (Å²) in [5.74, 6) is -2.72. The Balaban J connectivity index is 1.46. The average Bonchev–Trinajstić information content (AvgIpc) is 3.45. The largest absolute Gasteiger partial charge is 0.326 e. The van der Waals surface area contributed by atoms with Crippen LogP contribution in [0.5, 0.6) is 0 Å². The molecule has 168 valence electrons. The standard InChI is InChI=1S/C20H19FN4O6S/c21-17-7-6-15(10-18(17)25(28)29)24-11-12(8-19(24)26)20(27)22-14-2-1-3-16(9-14)32(30,31)23-13-4-5-13/h1-3,6-7,9-10,12-13,23H,4-5,8,11H2,(H,22,27). The van der Waals surface area contributed by atoms with Crippen molar-refractivity contribution in [2.24, 2.45) is 5.92 Å². The number of hydrogen-bond acceptors (Lipinski definition) is 6. The summed E-state index contributed by atoms with van der Waals surface area (Å²) < 4.78 is 40.9. The van der Waals surface area contributed by atoms with Gasteiger partial charge in [-0.2, -0.15) is 4.39 Å². The molecule has 1 saturated heterocycles. The van der Waals surface area contributed by atoms with E-state index in [1.165, 1.54) is 35.2 Å². The Hall–Kier alpha value is -3.38. The first-order chi connectivity index (χ1) is 15.1. The van der Waals surface area contributed by atoms with Crippen LogP contribution in [0.2, 0.25) is 0 Å². The maximum atomic E-state index is 13.6. The zero-order valence-corrected chi connectivity index (χ0v) is 17.5. The van der Waals surface area contributed by atoms with Crippen molar-refractivity contribution in [1.82, 2.24) is 4.72 Å². The molecule has 0 aromatic heterocycles. The monoisotopic (exact) mass is 462 g/mol. The predicted molar refractivity (Wildman–Crippen MR) is 112 cm³/mol. The average molecular weight is 462 g/mol. The van der Waals surface area contributed by atoms with E-state index in [1.54, 1.807) is 0 Å². The van der Waals surface area contributed by atoms with E-state index in [9.17, 15) is 32.5 Å². The van der Waals surface area contributed by atoms with Crippen LogP contribution >= 0.6 is 0 Å². The Labute approximate surface area is 182 Å². The Kier molecular flexibility index (Phi) is 5.65. The van der Waals surface area contributed by atoms with Crippen molar-refractivity contribution in [3.8, 4) is 0 Å². The van der Waals surface area contributed by atoms with E-state index in [-0.39, 0.29) is 35.3 Å². The normalized spacial score (nSPS) is 18.6. The van der Waals surface area contributed by atoms with Gasteiger partial charge in [-0.25, -0.2) is 13.1 Å². The Morgan fingerprint density at radius 3 is 2.62 bits per heavy atom. The maximum Gasteiger partial charge on any atom is 0.306 e. The van der Waals surface area contributed by atoms with Crippen LogP contribution < -0.4 is 14.9 Å². The number of nitro groups is 1. The number of hydrogen-bond donors (Lipinski definition) is 2. The second-order valence-corrected chi connectivity index (χ2v) is 9.42. The number of carbonyl (C=O) groups is 2. The summed E-state index contributed by atoms with van der Waals surface area (Å²) in [6, 6.07) is 8.82. The van der Waals surface area contributed by atoms with Gasteiger partial charge in [0.25, 0.3) is 0 Å². The lowest BCUT2D eigenvalue weighted by atomic mass is 10.1. The van der Waals surface area contributed by atoms with E-state index < -0.39 is 44.2 Å². The second kappa shape index (κ2) is 8.28. The minimum absolute atomic E-state index is 0.0185. The van der Waals surface area contributed by atoms with E-state index in [4.69, 9.17) is 0 Å². The molecule has 32 heavy (non-hydrogen) atoms. The number of halogens is 1. The van der Waals surface area contributed by atoms with Crippen molar-refractivity contribution in [1.29, 1.82) is 0 Å². The number of amides is 2. The minimum Gasteiger partial charge on any atom is -0.326 e. The topological polar surface area (TPSA) is 139 Å². The third-order valence-electron chi connectivity index (χ3n) is 5.24. The molecule has 0 bridgehead atoms. The summed E-state index contributed by atoms with van der Waals surface area (Å²) in [7, 11) is -3.69. The third-order valence-corrected chi connectivity index (χ3v) is 6.76. The summed E-state index contributed by atoms with van der Waals surface area (Å²) in [4.78, 5) is 36.4. The van der Waals surface area contributed by atoms with Crippen molar-refractivity contribution in [2.45, 2.75) is 30.2 Å². The summed E-state index contributed by atoms with van der Waals surface area (Å²) in [5.41, 5.74) is -0.379. The van der Waals surface area contributed by atoms with Crippen LogP contribution in [0.25, 0.3) is 0 Å². The van der Waals surface area contributed by atoms with Gasteiger partial charge < -0.3 is 10.2 Å². The molecule has 1 aliphatic heterocycles. The zero-order valence-electron chi connectivity index (χ0n) is 16.7. The predicted octanol–water partition coefficient (Wildman–Crippen LogP) is 2.17. The first-order valence-electron chi connectivity index (χ1n) is 9.81.